The summed E-state index contributed by atoms with van der Waals surface area (Å²) >= 11 is 0. The first-order valence-electron chi connectivity index (χ1n) is 4.01. The molecule has 0 aromatic carbocycles. The monoisotopic (exact) mass is 164 g/mol. The van der Waals surface area contributed by atoms with Gasteiger partial charge in [-0.1, -0.05) is 13.8 Å². The van der Waals surface area contributed by atoms with Crippen LogP contribution in [0.1, 0.15) is 20.3 Å². The van der Waals surface area contributed by atoms with Gasteiger partial charge in [0.05, 0.1) is 6.61 Å². The van der Waals surface area contributed by atoms with Crippen LogP contribution in [0, 0.1) is 11.8 Å². The summed E-state index contributed by atoms with van der Waals surface area (Å²) in [6.07, 6.45) is -2.59. The second kappa shape index (κ2) is 3.48. The van der Waals surface area contributed by atoms with E-state index in [1.165, 1.54) is 0 Å². The van der Waals surface area contributed by atoms with E-state index in [9.17, 15) is 8.78 Å². The molecule has 0 aliphatic carbocycles. The smallest absolute Gasteiger partial charge is 0.264 e. The second-order valence-electron chi connectivity index (χ2n) is 3.45. The van der Waals surface area contributed by atoms with Gasteiger partial charge in [0, 0.05) is 0 Å². The molecule has 1 nitrogen and oxygen atoms in total. The van der Waals surface area contributed by atoms with Gasteiger partial charge in [-0.15, -0.1) is 0 Å². The SMILES string of the molecule is CC(C)C1COC(C(F)F)C1. The van der Waals surface area contributed by atoms with Gasteiger partial charge in [0.1, 0.15) is 6.10 Å². The minimum absolute atomic E-state index is 0.328. The molecule has 1 fully saturated rings. The van der Waals surface area contributed by atoms with Gasteiger partial charge in [0.15, 0.2) is 0 Å². The topological polar surface area (TPSA) is 9.23 Å². The summed E-state index contributed by atoms with van der Waals surface area (Å²) in [6.45, 7) is 4.59. The van der Waals surface area contributed by atoms with Crippen LogP contribution in [-0.4, -0.2) is 19.1 Å². The average Bonchev–Trinajstić information content (AvgIpc) is 2.33. The summed E-state index contributed by atoms with van der Waals surface area (Å²) in [6, 6.07) is 0. The molecule has 1 aliphatic rings. The first-order chi connectivity index (χ1) is 5.11. The molecule has 0 spiro atoms. The van der Waals surface area contributed by atoms with Crippen molar-refractivity contribution in [3.8, 4) is 0 Å². The minimum atomic E-state index is -2.31. The van der Waals surface area contributed by atoms with E-state index >= 15 is 0 Å². The number of rotatable bonds is 2. The molecule has 2 unspecified atom stereocenters. The molecule has 66 valence electrons. The molecule has 0 N–H and O–H groups in total. The van der Waals surface area contributed by atoms with Gasteiger partial charge >= 0.3 is 0 Å². The predicted molar refractivity (Wildman–Crippen MR) is 38.7 cm³/mol. The molecule has 2 atom stereocenters. The Morgan fingerprint density at radius 3 is 2.27 bits per heavy atom. The van der Waals surface area contributed by atoms with E-state index in [1.54, 1.807) is 0 Å². The molecule has 0 bridgehead atoms. The Morgan fingerprint density at radius 2 is 2.00 bits per heavy atom. The van der Waals surface area contributed by atoms with Crippen LogP contribution in [0.2, 0.25) is 0 Å². The highest BCUT2D eigenvalue weighted by Crippen LogP contribution is 2.28. The van der Waals surface area contributed by atoms with Gasteiger partial charge in [-0.05, 0) is 18.3 Å². The first kappa shape index (κ1) is 8.91. The molecule has 1 saturated heterocycles. The van der Waals surface area contributed by atoms with Crippen molar-refractivity contribution in [3.63, 3.8) is 0 Å². The molecule has 0 amide bonds. The van der Waals surface area contributed by atoms with Crippen molar-refractivity contribution in [3.05, 3.63) is 0 Å². The maximum atomic E-state index is 12.1. The molecule has 11 heavy (non-hydrogen) atoms. The minimum Gasteiger partial charge on any atom is -0.372 e. The fourth-order valence-electron chi connectivity index (χ4n) is 1.32. The molecular weight excluding hydrogens is 150 g/mol. The first-order valence-corrected chi connectivity index (χ1v) is 4.01. The van der Waals surface area contributed by atoms with E-state index in [4.69, 9.17) is 4.74 Å². The second-order valence-corrected chi connectivity index (χ2v) is 3.45. The fourth-order valence-corrected chi connectivity index (χ4v) is 1.32. The maximum absolute atomic E-state index is 12.1. The molecule has 3 heteroatoms. The standard InChI is InChI=1S/C8H14F2O/c1-5(2)6-3-7(8(9)10)11-4-6/h5-8H,3-4H2,1-2H3. The summed E-state index contributed by atoms with van der Waals surface area (Å²) in [5.74, 6) is 0.785. The Hall–Kier alpha value is -0.180. The molecular formula is C8H14F2O. The highest BCUT2D eigenvalue weighted by molar-refractivity contribution is 4.76. The lowest BCUT2D eigenvalue weighted by atomic mass is 9.93. The molecule has 1 aliphatic heterocycles. The van der Waals surface area contributed by atoms with Gasteiger partial charge in [0.2, 0.25) is 0 Å². The lowest BCUT2D eigenvalue weighted by molar-refractivity contribution is -0.0225. The number of halogens is 2. The molecule has 1 heterocycles. The summed E-state index contributed by atoms with van der Waals surface area (Å²) in [7, 11) is 0. The average molecular weight is 164 g/mol. The normalized spacial score (nSPS) is 32.2. The third-order valence-electron chi connectivity index (χ3n) is 2.28. The number of alkyl halides is 2. The molecule has 0 radical (unpaired) electrons. The molecule has 1 rings (SSSR count). The van der Waals surface area contributed by atoms with E-state index < -0.39 is 12.5 Å². The van der Waals surface area contributed by atoms with E-state index in [-0.39, 0.29) is 0 Å². The number of hydrogen-bond acceptors (Lipinski definition) is 1. The molecule has 0 saturated carbocycles. The van der Waals surface area contributed by atoms with Crippen LogP contribution in [0.25, 0.3) is 0 Å². The summed E-state index contributed by atoms with van der Waals surface area (Å²) in [5.41, 5.74) is 0. The van der Waals surface area contributed by atoms with Crippen molar-refractivity contribution in [2.75, 3.05) is 6.61 Å². The Balaban J connectivity index is 2.35. The van der Waals surface area contributed by atoms with Crippen molar-refractivity contribution < 1.29 is 13.5 Å². The highest BCUT2D eigenvalue weighted by Gasteiger charge is 2.33. The zero-order valence-corrected chi connectivity index (χ0v) is 6.89. The quantitative estimate of drug-likeness (QED) is 0.608. The van der Waals surface area contributed by atoms with E-state index in [0.29, 0.717) is 24.9 Å². The Bertz CT molecular complexity index is 111. The number of ether oxygens (including phenoxy) is 1. The van der Waals surface area contributed by atoms with Crippen LogP contribution >= 0.6 is 0 Å². The van der Waals surface area contributed by atoms with Crippen LogP contribution in [0.3, 0.4) is 0 Å². The van der Waals surface area contributed by atoms with E-state index in [1.807, 2.05) is 13.8 Å². The third-order valence-corrected chi connectivity index (χ3v) is 2.28. The van der Waals surface area contributed by atoms with Crippen LogP contribution in [0.5, 0.6) is 0 Å². The fraction of sp³-hybridized carbons (Fsp3) is 1.00. The van der Waals surface area contributed by atoms with Gasteiger partial charge in [-0.2, -0.15) is 0 Å². The molecule has 0 aromatic rings. The van der Waals surface area contributed by atoms with Crippen molar-refractivity contribution >= 4 is 0 Å². The van der Waals surface area contributed by atoms with Gasteiger partial charge in [0.25, 0.3) is 6.43 Å². The van der Waals surface area contributed by atoms with Gasteiger partial charge in [-0.25, -0.2) is 8.78 Å². The van der Waals surface area contributed by atoms with Crippen molar-refractivity contribution in [1.29, 1.82) is 0 Å². The van der Waals surface area contributed by atoms with Crippen molar-refractivity contribution in [2.45, 2.75) is 32.8 Å². The summed E-state index contributed by atoms with van der Waals surface area (Å²) in [5, 5.41) is 0. The van der Waals surface area contributed by atoms with Crippen molar-refractivity contribution in [2.24, 2.45) is 11.8 Å². The van der Waals surface area contributed by atoms with Gasteiger partial charge < -0.3 is 4.74 Å². The summed E-state index contributed by atoms with van der Waals surface area (Å²) in [4.78, 5) is 0. The van der Waals surface area contributed by atoms with Crippen LogP contribution in [0.15, 0.2) is 0 Å². The Kier molecular flexibility index (Phi) is 2.82. The lowest BCUT2D eigenvalue weighted by Gasteiger charge is -2.11. The van der Waals surface area contributed by atoms with Crippen LogP contribution in [0.4, 0.5) is 8.78 Å². The number of hydrogen-bond donors (Lipinski definition) is 0. The van der Waals surface area contributed by atoms with Crippen LogP contribution in [-0.2, 0) is 4.74 Å². The summed E-state index contributed by atoms with van der Waals surface area (Å²) < 4.78 is 29.0. The third kappa shape index (κ3) is 2.12. The van der Waals surface area contributed by atoms with E-state index in [2.05, 4.69) is 0 Å². The Labute approximate surface area is 65.7 Å². The largest absolute Gasteiger partial charge is 0.372 e. The van der Waals surface area contributed by atoms with Gasteiger partial charge in [-0.3, -0.25) is 0 Å². The zero-order chi connectivity index (χ0) is 8.43. The zero-order valence-electron chi connectivity index (χ0n) is 6.89. The predicted octanol–water partition coefficient (Wildman–Crippen LogP) is 2.31. The van der Waals surface area contributed by atoms with E-state index in [0.717, 1.165) is 0 Å². The van der Waals surface area contributed by atoms with Crippen molar-refractivity contribution in [1.82, 2.24) is 0 Å². The van der Waals surface area contributed by atoms with Crippen LogP contribution < -0.4 is 0 Å². The Morgan fingerprint density at radius 1 is 1.36 bits per heavy atom. The maximum Gasteiger partial charge on any atom is 0.264 e. The highest BCUT2D eigenvalue weighted by atomic mass is 19.3. The lowest BCUT2D eigenvalue weighted by Crippen LogP contribution is -2.16. The molecule has 0 aromatic heterocycles.